The van der Waals surface area contributed by atoms with Gasteiger partial charge >= 0.3 is 5.97 Å². The van der Waals surface area contributed by atoms with Gasteiger partial charge in [0.15, 0.2) is 11.3 Å². The summed E-state index contributed by atoms with van der Waals surface area (Å²) >= 11 is 6.27. The van der Waals surface area contributed by atoms with Gasteiger partial charge in [0.2, 0.25) is 0 Å². The van der Waals surface area contributed by atoms with Crippen LogP contribution in [0.15, 0.2) is 36.4 Å². The minimum Gasteiger partial charge on any atom is -0.464 e. The minimum absolute atomic E-state index is 0.159. The molecule has 1 aromatic carbocycles. The van der Waals surface area contributed by atoms with Crippen molar-refractivity contribution >= 4 is 28.6 Å². The van der Waals surface area contributed by atoms with Gasteiger partial charge in [-0.05, 0) is 25.1 Å². The molecule has 0 fully saturated rings. The van der Waals surface area contributed by atoms with Gasteiger partial charge in [0, 0.05) is 0 Å². The van der Waals surface area contributed by atoms with E-state index in [1.807, 2.05) is 37.3 Å². The fourth-order valence-corrected chi connectivity index (χ4v) is 2.52. The monoisotopic (exact) mass is 301 g/mol. The van der Waals surface area contributed by atoms with E-state index in [-0.39, 0.29) is 5.69 Å². The van der Waals surface area contributed by atoms with Crippen molar-refractivity contribution in [1.82, 2.24) is 14.8 Å². The first-order chi connectivity index (χ1) is 10.1. The molecule has 21 heavy (non-hydrogen) atoms. The Balaban J connectivity index is 2.32. The van der Waals surface area contributed by atoms with E-state index in [1.54, 1.807) is 4.68 Å². The summed E-state index contributed by atoms with van der Waals surface area (Å²) in [5.74, 6) is -0.530. The van der Waals surface area contributed by atoms with Gasteiger partial charge in [-0.1, -0.05) is 29.8 Å². The zero-order valence-corrected chi connectivity index (χ0v) is 12.3. The zero-order chi connectivity index (χ0) is 15.0. The summed E-state index contributed by atoms with van der Waals surface area (Å²) in [6, 6.07) is 11.1. The van der Waals surface area contributed by atoms with Crippen molar-refractivity contribution in [3.63, 3.8) is 0 Å². The fraction of sp³-hybridized carbons (Fsp3) is 0.133. The van der Waals surface area contributed by atoms with Gasteiger partial charge in [-0.3, -0.25) is 0 Å². The van der Waals surface area contributed by atoms with E-state index in [4.69, 9.17) is 16.3 Å². The van der Waals surface area contributed by atoms with Crippen LogP contribution >= 0.6 is 11.6 Å². The van der Waals surface area contributed by atoms with Crippen molar-refractivity contribution < 1.29 is 9.53 Å². The van der Waals surface area contributed by atoms with Crippen LogP contribution in [0.4, 0.5) is 0 Å². The van der Waals surface area contributed by atoms with Crippen LogP contribution in [0.3, 0.4) is 0 Å². The summed E-state index contributed by atoms with van der Waals surface area (Å²) in [6.07, 6.45) is 0. The van der Waals surface area contributed by atoms with E-state index in [2.05, 4.69) is 10.1 Å². The first kappa shape index (κ1) is 13.6. The quantitative estimate of drug-likeness (QED) is 0.682. The molecule has 0 bridgehead atoms. The normalized spacial score (nSPS) is 10.8. The first-order valence-electron chi connectivity index (χ1n) is 6.31. The average Bonchev–Trinajstić information content (AvgIpc) is 2.84. The molecule has 2 heterocycles. The number of aryl methyl sites for hydroxylation is 1. The van der Waals surface area contributed by atoms with Crippen LogP contribution in [-0.4, -0.2) is 27.8 Å². The average molecular weight is 302 g/mol. The number of para-hydroxylation sites is 1. The molecule has 2 aromatic heterocycles. The van der Waals surface area contributed by atoms with Gasteiger partial charge in [0.05, 0.1) is 28.9 Å². The topological polar surface area (TPSA) is 57.0 Å². The molecule has 5 nitrogen and oxygen atoms in total. The summed E-state index contributed by atoms with van der Waals surface area (Å²) < 4.78 is 6.37. The number of ether oxygens (including phenoxy) is 1. The lowest BCUT2D eigenvalue weighted by Gasteiger charge is -2.04. The maximum atomic E-state index is 11.7. The molecular weight excluding hydrogens is 290 g/mol. The Morgan fingerprint density at radius 2 is 2.00 bits per heavy atom. The highest BCUT2D eigenvalue weighted by Gasteiger charge is 2.18. The Hall–Kier alpha value is -2.40. The maximum absolute atomic E-state index is 11.7. The predicted octanol–water partition coefficient (Wildman–Crippen LogP) is 3.17. The van der Waals surface area contributed by atoms with E-state index >= 15 is 0 Å². The molecule has 0 amide bonds. The van der Waals surface area contributed by atoms with Crippen LogP contribution in [0.25, 0.3) is 16.7 Å². The highest BCUT2D eigenvalue weighted by atomic mass is 35.5. The molecule has 0 spiro atoms. The third-order valence-corrected chi connectivity index (χ3v) is 3.46. The molecule has 0 N–H and O–H groups in total. The van der Waals surface area contributed by atoms with Crippen LogP contribution in [0.1, 0.15) is 16.2 Å². The van der Waals surface area contributed by atoms with Crippen molar-refractivity contribution in [1.29, 1.82) is 0 Å². The number of nitrogens with zero attached hydrogens (tertiary/aromatic N) is 3. The number of pyridine rings is 1. The van der Waals surface area contributed by atoms with Gasteiger partial charge in [-0.15, -0.1) is 0 Å². The number of carbonyl (C=O) groups excluding carboxylic acids is 1. The van der Waals surface area contributed by atoms with Gasteiger partial charge in [0.25, 0.3) is 0 Å². The van der Waals surface area contributed by atoms with Crippen LogP contribution in [0.2, 0.25) is 5.02 Å². The molecule has 0 unspecified atom stereocenters. The number of benzene rings is 1. The second kappa shape index (κ2) is 5.18. The van der Waals surface area contributed by atoms with Crippen LogP contribution in [-0.2, 0) is 4.74 Å². The SMILES string of the molecule is COC(=O)c1cc(Cl)c2c(C)nn(-c3ccccc3)c2n1. The number of esters is 1. The number of fused-ring (bicyclic) bond motifs is 1. The molecule has 0 radical (unpaired) electrons. The van der Waals surface area contributed by atoms with E-state index < -0.39 is 5.97 Å². The Morgan fingerprint density at radius 3 is 2.67 bits per heavy atom. The summed E-state index contributed by atoms with van der Waals surface area (Å²) in [6.45, 7) is 1.85. The highest BCUT2D eigenvalue weighted by Crippen LogP contribution is 2.28. The Morgan fingerprint density at radius 1 is 1.29 bits per heavy atom. The largest absolute Gasteiger partial charge is 0.464 e. The van der Waals surface area contributed by atoms with E-state index in [0.717, 1.165) is 16.8 Å². The van der Waals surface area contributed by atoms with Crippen molar-refractivity contribution in [3.05, 3.63) is 52.8 Å². The number of halogens is 1. The molecule has 0 aliphatic heterocycles. The predicted molar refractivity (Wildman–Crippen MR) is 80.0 cm³/mol. The molecular formula is C15H12ClN3O2. The second-order valence-corrected chi connectivity index (χ2v) is 4.92. The van der Waals surface area contributed by atoms with E-state index in [0.29, 0.717) is 10.7 Å². The summed E-state index contributed by atoms with van der Waals surface area (Å²) in [7, 11) is 1.31. The molecule has 0 atom stereocenters. The van der Waals surface area contributed by atoms with Crippen LogP contribution in [0, 0.1) is 6.92 Å². The molecule has 3 aromatic rings. The molecule has 6 heteroatoms. The van der Waals surface area contributed by atoms with Crippen LogP contribution < -0.4 is 0 Å². The van der Waals surface area contributed by atoms with Crippen molar-refractivity contribution in [2.45, 2.75) is 6.92 Å². The molecule has 3 rings (SSSR count). The Labute approximate surface area is 126 Å². The van der Waals surface area contributed by atoms with E-state index in [9.17, 15) is 4.79 Å². The fourth-order valence-electron chi connectivity index (χ4n) is 2.19. The van der Waals surface area contributed by atoms with Gasteiger partial charge in [-0.25, -0.2) is 14.5 Å². The third-order valence-electron chi connectivity index (χ3n) is 3.16. The number of carbonyl (C=O) groups is 1. The lowest BCUT2D eigenvalue weighted by molar-refractivity contribution is 0.0594. The van der Waals surface area contributed by atoms with Gasteiger partial charge in [-0.2, -0.15) is 5.10 Å². The lowest BCUT2D eigenvalue weighted by Crippen LogP contribution is -2.06. The van der Waals surface area contributed by atoms with Crippen molar-refractivity contribution in [2.24, 2.45) is 0 Å². The van der Waals surface area contributed by atoms with Gasteiger partial charge < -0.3 is 4.74 Å². The summed E-state index contributed by atoms with van der Waals surface area (Å²) in [4.78, 5) is 16.0. The lowest BCUT2D eigenvalue weighted by atomic mass is 10.2. The molecule has 0 saturated carbocycles. The number of hydrogen-bond donors (Lipinski definition) is 0. The first-order valence-corrected chi connectivity index (χ1v) is 6.69. The molecule has 0 aliphatic carbocycles. The van der Waals surface area contributed by atoms with Crippen LogP contribution in [0.5, 0.6) is 0 Å². The summed E-state index contributed by atoms with van der Waals surface area (Å²) in [5.41, 5.74) is 2.29. The third kappa shape index (κ3) is 2.25. The highest BCUT2D eigenvalue weighted by molar-refractivity contribution is 6.35. The zero-order valence-electron chi connectivity index (χ0n) is 11.5. The number of hydrogen-bond acceptors (Lipinski definition) is 4. The molecule has 0 saturated heterocycles. The van der Waals surface area contributed by atoms with Crippen molar-refractivity contribution in [3.8, 4) is 5.69 Å². The standard InChI is InChI=1S/C15H12ClN3O2/c1-9-13-11(16)8-12(15(20)21-2)17-14(13)19(18-9)10-6-4-3-5-7-10/h3-8H,1-2H3. The number of rotatable bonds is 2. The number of aromatic nitrogens is 3. The maximum Gasteiger partial charge on any atom is 0.356 e. The Kier molecular flexibility index (Phi) is 3.35. The smallest absolute Gasteiger partial charge is 0.356 e. The van der Waals surface area contributed by atoms with Crippen molar-refractivity contribution in [2.75, 3.05) is 7.11 Å². The molecule has 0 aliphatic rings. The van der Waals surface area contributed by atoms with Gasteiger partial charge in [0.1, 0.15) is 0 Å². The number of methoxy groups -OCH3 is 1. The second-order valence-electron chi connectivity index (χ2n) is 4.51. The Bertz CT molecular complexity index is 828. The minimum atomic E-state index is -0.530. The summed E-state index contributed by atoms with van der Waals surface area (Å²) in [5, 5.41) is 5.63. The molecule has 106 valence electrons. The van der Waals surface area contributed by atoms with E-state index in [1.165, 1.54) is 13.2 Å².